The van der Waals surface area contributed by atoms with E-state index in [1.807, 2.05) is 0 Å². The molecule has 0 aliphatic carbocycles. The maximum absolute atomic E-state index is 14.2. The third-order valence-corrected chi connectivity index (χ3v) is 6.01. The van der Waals surface area contributed by atoms with Crippen molar-refractivity contribution in [2.45, 2.75) is 29.5 Å². The lowest BCUT2D eigenvalue weighted by atomic mass is 10.1. The Kier molecular flexibility index (Phi) is 7.22. The van der Waals surface area contributed by atoms with Gasteiger partial charge in [-0.1, -0.05) is 29.8 Å². The van der Waals surface area contributed by atoms with Crippen molar-refractivity contribution in [3.8, 4) is 0 Å². The van der Waals surface area contributed by atoms with Gasteiger partial charge in [0.2, 0.25) is 0 Å². The highest BCUT2D eigenvalue weighted by Crippen LogP contribution is 2.39. The van der Waals surface area contributed by atoms with E-state index in [9.17, 15) is 17.2 Å². The van der Waals surface area contributed by atoms with Gasteiger partial charge in [0.15, 0.2) is 0 Å². The van der Waals surface area contributed by atoms with Crippen LogP contribution in [-0.2, 0) is 9.84 Å². The Morgan fingerprint density at radius 2 is 1.96 bits per heavy atom. The predicted octanol–water partition coefficient (Wildman–Crippen LogP) is 5.06. The van der Waals surface area contributed by atoms with Crippen molar-refractivity contribution in [1.82, 2.24) is 4.98 Å². The van der Waals surface area contributed by atoms with Crippen LogP contribution in [0.4, 0.5) is 8.78 Å². The number of aromatic nitrogens is 1. The zero-order valence-electron chi connectivity index (χ0n) is 13.6. The highest BCUT2D eigenvalue weighted by molar-refractivity contribution is 7.99. The van der Waals surface area contributed by atoms with E-state index in [0.717, 1.165) is 12.1 Å². The van der Waals surface area contributed by atoms with E-state index >= 15 is 0 Å². The first-order valence-corrected chi connectivity index (χ1v) is 11.0. The van der Waals surface area contributed by atoms with Crippen LogP contribution >= 0.6 is 23.4 Å². The van der Waals surface area contributed by atoms with Crippen molar-refractivity contribution in [2.75, 3.05) is 12.0 Å². The fourth-order valence-corrected chi connectivity index (χ4v) is 4.30. The van der Waals surface area contributed by atoms with Crippen LogP contribution < -0.4 is 0 Å². The molecule has 1 aromatic heterocycles. The molecular weight excluding hydrogens is 388 g/mol. The standard InChI is InChI=1S/C17H18ClF2NO2S2/c1-25(22,23)9-3-2-4-16(14-10-13(19)6-7-15(14)20)24-17-8-5-12(18)11-21-17/h5-8,10-11,16H,2-4,9H2,1H3. The predicted molar refractivity (Wildman–Crippen MR) is 97.8 cm³/mol. The summed E-state index contributed by atoms with van der Waals surface area (Å²) in [6.07, 6.45) is 4.23. The van der Waals surface area contributed by atoms with E-state index in [4.69, 9.17) is 11.6 Å². The van der Waals surface area contributed by atoms with Gasteiger partial charge in [0, 0.05) is 29.0 Å². The number of pyridine rings is 1. The Bertz CT molecular complexity index is 814. The van der Waals surface area contributed by atoms with Crippen LogP contribution in [0.25, 0.3) is 0 Å². The molecule has 1 heterocycles. The van der Waals surface area contributed by atoms with E-state index in [1.54, 1.807) is 12.1 Å². The van der Waals surface area contributed by atoms with E-state index in [0.29, 0.717) is 29.3 Å². The van der Waals surface area contributed by atoms with Gasteiger partial charge < -0.3 is 0 Å². The Labute approximate surface area is 155 Å². The summed E-state index contributed by atoms with van der Waals surface area (Å²) in [6, 6.07) is 6.75. The quantitative estimate of drug-likeness (QED) is 0.455. The van der Waals surface area contributed by atoms with Gasteiger partial charge in [-0.3, -0.25) is 0 Å². The molecule has 0 bridgehead atoms. The molecular formula is C17H18ClF2NO2S2. The molecule has 1 unspecified atom stereocenters. The minimum absolute atomic E-state index is 0.0786. The summed E-state index contributed by atoms with van der Waals surface area (Å²) in [7, 11) is -3.03. The van der Waals surface area contributed by atoms with E-state index < -0.39 is 21.5 Å². The van der Waals surface area contributed by atoms with Crippen molar-refractivity contribution in [3.05, 3.63) is 58.7 Å². The SMILES string of the molecule is CS(=O)(=O)CCCCC(Sc1ccc(Cl)cn1)c1cc(F)ccc1F. The van der Waals surface area contributed by atoms with Crippen LogP contribution in [0.15, 0.2) is 41.6 Å². The van der Waals surface area contributed by atoms with Crippen molar-refractivity contribution < 1.29 is 17.2 Å². The van der Waals surface area contributed by atoms with Gasteiger partial charge in [0.25, 0.3) is 0 Å². The molecule has 1 atom stereocenters. The van der Waals surface area contributed by atoms with Crippen LogP contribution in [-0.4, -0.2) is 25.4 Å². The Balaban J connectivity index is 2.15. The first-order valence-electron chi connectivity index (χ1n) is 7.65. The number of halogens is 3. The molecule has 0 amide bonds. The van der Waals surface area contributed by atoms with E-state index in [-0.39, 0.29) is 16.6 Å². The maximum Gasteiger partial charge on any atom is 0.147 e. The number of sulfone groups is 1. The summed E-state index contributed by atoms with van der Waals surface area (Å²) >= 11 is 7.12. The summed E-state index contributed by atoms with van der Waals surface area (Å²) in [6.45, 7) is 0. The monoisotopic (exact) mass is 405 g/mol. The van der Waals surface area contributed by atoms with Crippen LogP contribution in [0.3, 0.4) is 0 Å². The molecule has 1 aromatic carbocycles. The lowest BCUT2D eigenvalue weighted by Gasteiger charge is -2.17. The van der Waals surface area contributed by atoms with Gasteiger partial charge in [-0.25, -0.2) is 22.2 Å². The highest BCUT2D eigenvalue weighted by Gasteiger charge is 2.19. The highest BCUT2D eigenvalue weighted by atomic mass is 35.5. The molecule has 0 saturated carbocycles. The Morgan fingerprint density at radius 1 is 1.20 bits per heavy atom. The van der Waals surface area contributed by atoms with Gasteiger partial charge in [-0.2, -0.15) is 0 Å². The average Bonchev–Trinajstić information content (AvgIpc) is 2.54. The smallest absolute Gasteiger partial charge is 0.147 e. The summed E-state index contributed by atoms with van der Waals surface area (Å²) in [5.74, 6) is -0.923. The second-order valence-electron chi connectivity index (χ2n) is 5.71. The van der Waals surface area contributed by atoms with Gasteiger partial charge in [0.05, 0.1) is 10.0 Å². The van der Waals surface area contributed by atoms with Gasteiger partial charge >= 0.3 is 0 Å². The molecule has 0 fully saturated rings. The number of benzene rings is 1. The number of nitrogens with zero attached hydrogens (tertiary/aromatic N) is 1. The average molecular weight is 406 g/mol. The molecule has 0 saturated heterocycles. The van der Waals surface area contributed by atoms with Crippen LogP contribution in [0.2, 0.25) is 5.02 Å². The van der Waals surface area contributed by atoms with Crippen molar-refractivity contribution in [1.29, 1.82) is 0 Å². The molecule has 3 nitrogen and oxygen atoms in total. The zero-order valence-corrected chi connectivity index (χ0v) is 16.0. The third kappa shape index (κ3) is 6.92. The molecule has 25 heavy (non-hydrogen) atoms. The summed E-state index contributed by atoms with van der Waals surface area (Å²) in [5.41, 5.74) is 0.251. The summed E-state index contributed by atoms with van der Waals surface area (Å²) < 4.78 is 50.2. The second-order valence-corrected chi connectivity index (χ2v) is 9.63. The number of hydrogen-bond acceptors (Lipinski definition) is 4. The topological polar surface area (TPSA) is 47.0 Å². The Morgan fingerprint density at radius 3 is 2.60 bits per heavy atom. The molecule has 0 aliphatic heterocycles. The minimum Gasteiger partial charge on any atom is -0.248 e. The van der Waals surface area contributed by atoms with Crippen LogP contribution in [0.5, 0.6) is 0 Å². The fraction of sp³-hybridized carbons (Fsp3) is 0.353. The first-order chi connectivity index (χ1) is 11.7. The van der Waals surface area contributed by atoms with Crippen LogP contribution in [0.1, 0.15) is 30.1 Å². The molecule has 0 N–H and O–H groups in total. The van der Waals surface area contributed by atoms with Crippen LogP contribution in [0, 0.1) is 11.6 Å². The van der Waals surface area contributed by atoms with E-state index in [1.165, 1.54) is 30.3 Å². The lowest BCUT2D eigenvalue weighted by Crippen LogP contribution is -2.04. The molecule has 0 radical (unpaired) electrons. The molecule has 8 heteroatoms. The zero-order chi connectivity index (χ0) is 18.4. The molecule has 136 valence electrons. The van der Waals surface area contributed by atoms with E-state index in [2.05, 4.69) is 4.98 Å². The van der Waals surface area contributed by atoms with Crippen molar-refractivity contribution in [2.24, 2.45) is 0 Å². The minimum atomic E-state index is -3.03. The molecule has 0 aliphatic rings. The number of unbranched alkanes of at least 4 members (excludes halogenated alkanes) is 1. The maximum atomic E-state index is 14.2. The summed E-state index contributed by atoms with van der Waals surface area (Å²) in [4.78, 5) is 4.18. The second kappa shape index (κ2) is 8.96. The largest absolute Gasteiger partial charge is 0.248 e. The van der Waals surface area contributed by atoms with Crippen molar-refractivity contribution >= 4 is 33.2 Å². The third-order valence-electron chi connectivity index (χ3n) is 3.50. The molecule has 2 rings (SSSR count). The van der Waals surface area contributed by atoms with Crippen molar-refractivity contribution in [3.63, 3.8) is 0 Å². The van der Waals surface area contributed by atoms with Gasteiger partial charge in [0.1, 0.15) is 21.5 Å². The lowest BCUT2D eigenvalue weighted by molar-refractivity contribution is 0.572. The number of hydrogen-bond donors (Lipinski definition) is 0. The van der Waals surface area contributed by atoms with Gasteiger partial charge in [-0.15, -0.1) is 0 Å². The Hall–Kier alpha value is -1.18. The first kappa shape index (κ1) is 20.1. The number of thioether (sulfide) groups is 1. The van der Waals surface area contributed by atoms with Gasteiger partial charge in [-0.05, 0) is 43.2 Å². The summed E-state index contributed by atoms with van der Waals surface area (Å²) in [5, 5.41) is 0.760. The fourth-order valence-electron chi connectivity index (χ4n) is 2.31. The molecule has 2 aromatic rings. The normalized spacial score (nSPS) is 13.0. The molecule has 0 spiro atoms. The number of rotatable bonds is 8.